The van der Waals surface area contributed by atoms with Crippen molar-refractivity contribution in [1.29, 1.82) is 0 Å². The van der Waals surface area contributed by atoms with Crippen LogP contribution >= 0.6 is 11.3 Å². The zero-order valence-electron chi connectivity index (χ0n) is 15.2. The Morgan fingerprint density at radius 1 is 1.11 bits per heavy atom. The van der Waals surface area contributed by atoms with E-state index in [1.807, 2.05) is 0 Å². The second kappa shape index (κ2) is 9.22. The van der Waals surface area contributed by atoms with Crippen LogP contribution in [0.3, 0.4) is 0 Å². The third-order valence-electron chi connectivity index (χ3n) is 3.96. The fraction of sp³-hybridized carbons (Fsp3) is 0.421. The smallest absolute Gasteiger partial charge is 0.348 e. The minimum Gasteiger partial charge on any atom is -0.460 e. The molecule has 0 atom stereocenters. The standard InChI is InChI=1S/C19H20N2O5S/c1-5-7-9-20-16(22)14-13(3)15(18(23)26-11-8-6-2)27-17(14)21(19(20)24)10-12-25-4/h1-2H,7-12H2,3-4H3. The minimum absolute atomic E-state index is 0.0892. The molecular formula is C19H20N2O5S. The highest BCUT2D eigenvalue weighted by Gasteiger charge is 2.23. The number of rotatable bonds is 8. The van der Waals surface area contributed by atoms with Gasteiger partial charge in [0.15, 0.2) is 0 Å². The van der Waals surface area contributed by atoms with Crippen LogP contribution in [0.5, 0.6) is 0 Å². The Balaban J connectivity index is 2.67. The van der Waals surface area contributed by atoms with Gasteiger partial charge in [-0.25, -0.2) is 9.59 Å². The zero-order chi connectivity index (χ0) is 20.0. The van der Waals surface area contributed by atoms with Crippen molar-refractivity contribution in [1.82, 2.24) is 9.13 Å². The zero-order valence-corrected chi connectivity index (χ0v) is 16.1. The van der Waals surface area contributed by atoms with E-state index in [1.54, 1.807) is 6.92 Å². The number of hydrogen-bond donors (Lipinski definition) is 0. The Labute approximate surface area is 160 Å². The molecule has 0 bridgehead atoms. The largest absolute Gasteiger partial charge is 0.460 e. The molecule has 0 aliphatic heterocycles. The quantitative estimate of drug-likeness (QED) is 0.388. The molecule has 2 heterocycles. The number of nitrogens with zero attached hydrogens (tertiary/aromatic N) is 2. The van der Waals surface area contributed by atoms with Crippen LogP contribution in [0.1, 0.15) is 28.1 Å². The molecule has 142 valence electrons. The molecule has 0 N–H and O–H groups in total. The van der Waals surface area contributed by atoms with Gasteiger partial charge < -0.3 is 9.47 Å². The van der Waals surface area contributed by atoms with Crippen molar-refractivity contribution in [2.75, 3.05) is 20.3 Å². The fourth-order valence-electron chi connectivity index (χ4n) is 2.61. The number of thiophene rings is 1. The molecule has 0 saturated carbocycles. The van der Waals surface area contributed by atoms with Gasteiger partial charge in [-0.2, -0.15) is 0 Å². The molecule has 0 amide bonds. The van der Waals surface area contributed by atoms with Gasteiger partial charge in [0.05, 0.1) is 18.5 Å². The third-order valence-corrected chi connectivity index (χ3v) is 5.25. The summed E-state index contributed by atoms with van der Waals surface area (Å²) in [7, 11) is 1.52. The van der Waals surface area contributed by atoms with E-state index < -0.39 is 17.2 Å². The van der Waals surface area contributed by atoms with Crippen LogP contribution in [0, 0.1) is 31.6 Å². The summed E-state index contributed by atoms with van der Waals surface area (Å²) in [6.07, 6.45) is 11.0. The molecule has 0 spiro atoms. The number of ether oxygens (including phenoxy) is 2. The van der Waals surface area contributed by atoms with Gasteiger partial charge in [0.25, 0.3) is 5.56 Å². The second-order valence-electron chi connectivity index (χ2n) is 5.66. The lowest BCUT2D eigenvalue weighted by atomic mass is 10.2. The monoisotopic (exact) mass is 388 g/mol. The van der Waals surface area contributed by atoms with Crippen LogP contribution in [0.25, 0.3) is 10.2 Å². The first-order valence-electron chi connectivity index (χ1n) is 8.27. The van der Waals surface area contributed by atoms with Gasteiger partial charge in [-0.15, -0.1) is 36.0 Å². The highest BCUT2D eigenvalue weighted by atomic mass is 32.1. The van der Waals surface area contributed by atoms with E-state index in [0.717, 1.165) is 15.9 Å². The van der Waals surface area contributed by atoms with E-state index in [9.17, 15) is 14.4 Å². The van der Waals surface area contributed by atoms with Gasteiger partial charge in [0.1, 0.15) is 16.3 Å². The van der Waals surface area contributed by atoms with Crippen molar-refractivity contribution in [3.8, 4) is 24.7 Å². The Morgan fingerprint density at radius 2 is 1.81 bits per heavy atom. The lowest BCUT2D eigenvalue weighted by Crippen LogP contribution is -2.40. The fourth-order valence-corrected chi connectivity index (χ4v) is 3.82. The van der Waals surface area contributed by atoms with Crippen LogP contribution in [0.15, 0.2) is 9.59 Å². The molecule has 7 nitrogen and oxygen atoms in total. The summed E-state index contributed by atoms with van der Waals surface area (Å²) < 4.78 is 12.8. The number of carbonyl (C=O) groups excluding carboxylic acids is 1. The van der Waals surface area contributed by atoms with E-state index in [2.05, 4.69) is 11.8 Å². The van der Waals surface area contributed by atoms with Gasteiger partial charge in [0.2, 0.25) is 0 Å². The molecule has 2 aromatic heterocycles. The summed E-state index contributed by atoms with van der Waals surface area (Å²) in [5.41, 5.74) is -0.463. The topological polar surface area (TPSA) is 79.5 Å². The molecule has 0 fully saturated rings. The summed E-state index contributed by atoms with van der Waals surface area (Å²) >= 11 is 1.06. The molecule has 2 rings (SSSR count). The summed E-state index contributed by atoms with van der Waals surface area (Å²) in [5.74, 6) is 4.25. The van der Waals surface area contributed by atoms with Crippen molar-refractivity contribution in [2.45, 2.75) is 32.9 Å². The Kier molecular flexibility index (Phi) is 7.00. The molecule has 0 radical (unpaired) electrons. The molecule has 0 unspecified atom stereocenters. The predicted molar refractivity (Wildman–Crippen MR) is 104 cm³/mol. The number of carbonyl (C=O) groups is 1. The number of aryl methyl sites for hydroxylation is 1. The summed E-state index contributed by atoms with van der Waals surface area (Å²) in [5, 5.41) is 0.316. The summed E-state index contributed by atoms with van der Waals surface area (Å²) in [6, 6.07) is 0. The molecule has 0 aliphatic carbocycles. The van der Waals surface area contributed by atoms with Crippen LogP contribution in [0.4, 0.5) is 0 Å². The molecule has 0 saturated heterocycles. The van der Waals surface area contributed by atoms with Crippen molar-refractivity contribution in [2.24, 2.45) is 0 Å². The van der Waals surface area contributed by atoms with Gasteiger partial charge in [-0.1, -0.05) is 0 Å². The van der Waals surface area contributed by atoms with Gasteiger partial charge in [0, 0.05) is 26.5 Å². The number of esters is 1. The minimum atomic E-state index is -0.565. The van der Waals surface area contributed by atoms with E-state index >= 15 is 0 Å². The SMILES string of the molecule is C#CCCOC(=O)c1sc2c(c1C)c(=O)n(CCC#C)c(=O)n2CCOC. The predicted octanol–water partition coefficient (Wildman–Crippen LogP) is 1.38. The van der Waals surface area contributed by atoms with Crippen molar-refractivity contribution < 1.29 is 14.3 Å². The molecule has 0 aromatic carbocycles. The summed E-state index contributed by atoms with van der Waals surface area (Å²) in [4.78, 5) is 38.7. The maximum absolute atomic E-state index is 12.9. The number of terminal acetylenes is 2. The first-order valence-corrected chi connectivity index (χ1v) is 9.09. The van der Waals surface area contributed by atoms with Gasteiger partial charge in [-0.3, -0.25) is 13.9 Å². The average molecular weight is 388 g/mol. The summed E-state index contributed by atoms with van der Waals surface area (Å²) in [6.45, 7) is 2.38. The van der Waals surface area contributed by atoms with E-state index in [0.29, 0.717) is 22.2 Å². The lowest BCUT2D eigenvalue weighted by molar-refractivity contribution is 0.0519. The Morgan fingerprint density at radius 3 is 2.44 bits per heavy atom. The average Bonchev–Trinajstić information content (AvgIpc) is 2.99. The van der Waals surface area contributed by atoms with Gasteiger partial charge >= 0.3 is 11.7 Å². The number of hydrogen-bond acceptors (Lipinski definition) is 6. The third kappa shape index (κ3) is 4.13. The lowest BCUT2D eigenvalue weighted by Gasteiger charge is -2.11. The van der Waals surface area contributed by atoms with E-state index in [4.69, 9.17) is 22.3 Å². The van der Waals surface area contributed by atoms with Crippen LogP contribution in [0.2, 0.25) is 0 Å². The van der Waals surface area contributed by atoms with E-state index in [1.165, 1.54) is 11.7 Å². The molecule has 0 aliphatic rings. The van der Waals surface area contributed by atoms with Gasteiger partial charge in [-0.05, 0) is 12.5 Å². The number of fused-ring (bicyclic) bond motifs is 1. The first kappa shape index (κ1) is 20.5. The normalized spacial score (nSPS) is 10.5. The van der Waals surface area contributed by atoms with Crippen LogP contribution in [-0.4, -0.2) is 35.4 Å². The van der Waals surface area contributed by atoms with E-state index in [-0.39, 0.29) is 37.6 Å². The number of methoxy groups -OCH3 is 1. The van der Waals surface area contributed by atoms with Crippen molar-refractivity contribution >= 4 is 27.5 Å². The van der Waals surface area contributed by atoms with Crippen LogP contribution in [-0.2, 0) is 22.6 Å². The maximum Gasteiger partial charge on any atom is 0.348 e. The second-order valence-corrected chi connectivity index (χ2v) is 6.66. The molecule has 8 heteroatoms. The first-order chi connectivity index (χ1) is 13.0. The Bertz CT molecular complexity index is 1050. The van der Waals surface area contributed by atoms with Crippen LogP contribution < -0.4 is 11.2 Å². The molecular weight excluding hydrogens is 368 g/mol. The maximum atomic E-state index is 12.9. The van der Waals surface area contributed by atoms with Crippen molar-refractivity contribution in [3.05, 3.63) is 31.3 Å². The molecule has 27 heavy (non-hydrogen) atoms. The Hall–Kier alpha value is -2.81. The van der Waals surface area contributed by atoms with Crippen molar-refractivity contribution in [3.63, 3.8) is 0 Å². The number of aromatic nitrogens is 2. The highest BCUT2D eigenvalue weighted by Crippen LogP contribution is 2.28. The molecule has 2 aromatic rings. The highest BCUT2D eigenvalue weighted by molar-refractivity contribution is 7.20.